The van der Waals surface area contributed by atoms with Crippen LogP contribution in [-0.4, -0.2) is 49.4 Å². The summed E-state index contributed by atoms with van der Waals surface area (Å²) in [6.07, 6.45) is 10.5. The van der Waals surface area contributed by atoms with Crippen LogP contribution in [0.5, 0.6) is 5.75 Å². The van der Waals surface area contributed by atoms with Crippen molar-refractivity contribution >= 4 is 17.6 Å². The van der Waals surface area contributed by atoms with Gasteiger partial charge in [-0.05, 0) is 129 Å². The highest BCUT2D eigenvalue weighted by Crippen LogP contribution is 2.61. The topological polar surface area (TPSA) is 35.9 Å². The Kier molecular flexibility index (Phi) is 6.02. The van der Waals surface area contributed by atoms with Gasteiger partial charge in [-0.15, -0.1) is 0 Å². The number of β-amino-alcohol motifs (C(OH)–C–C–N with tert-alkyl or cyclic N) is 1. The quantitative estimate of drug-likeness (QED) is 0.456. The number of ether oxygens (including phenoxy) is 1. The zero-order valence-corrected chi connectivity index (χ0v) is 22.4. The highest BCUT2D eigenvalue weighted by molar-refractivity contribution is 8.01. The summed E-state index contributed by atoms with van der Waals surface area (Å²) in [4.78, 5) is 3.92. The molecule has 2 heterocycles. The number of piperidine rings is 1. The van der Waals surface area contributed by atoms with Crippen molar-refractivity contribution in [3.63, 3.8) is 0 Å². The van der Waals surface area contributed by atoms with Gasteiger partial charge in [0.25, 0.3) is 0 Å². The van der Waals surface area contributed by atoms with Gasteiger partial charge in [0, 0.05) is 29.6 Å². The maximum absolute atomic E-state index is 11.5. The number of nitrogens with zero attached hydrogens (tertiary/aromatic N) is 2. The third kappa shape index (κ3) is 4.16. The Hall–Kier alpha value is -1.69. The monoisotopic (exact) mass is 504 g/mol. The Labute approximate surface area is 220 Å². The number of fused-ring (bicyclic) bond motifs is 3. The zero-order valence-electron chi connectivity index (χ0n) is 21.6. The van der Waals surface area contributed by atoms with Gasteiger partial charge in [-0.3, -0.25) is 0 Å². The molecule has 5 fully saturated rings. The van der Waals surface area contributed by atoms with Gasteiger partial charge in [0.15, 0.2) is 0 Å². The van der Waals surface area contributed by atoms with Gasteiger partial charge in [0.2, 0.25) is 0 Å². The van der Waals surface area contributed by atoms with Crippen molar-refractivity contribution in [1.82, 2.24) is 4.90 Å². The smallest absolute Gasteiger partial charge is 0.121 e. The first-order chi connectivity index (χ1) is 17.6. The Morgan fingerprint density at radius 3 is 2.36 bits per heavy atom. The lowest BCUT2D eigenvalue weighted by Gasteiger charge is -2.59. The van der Waals surface area contributed by atoms with Crippen LogP contribution in [0.1, 0.15) is 51.4 Å². The Bertz CT molecular complexity index is 1080. The van der Waals surface area contributed by atoms with E-state index in [-0.39, 0.29) is 11.5 Å². The maximum Gasteiger partial charge on any atom is 0.121 e. The molecule has 4 aliphatic carbocycles. The first-order valence-electron chi connectivity index (χ1n) is 14.2. The SMILES string of the molecule is COc1ccc2c(c1)N(CC1CCN(C[C@@H](O)C34CC5CC(CC(C5)C3)C4)CC1)Sc1ccccc1-2. The normalized spacial score (nSPS) is 32.3. The fourth-order valence-electron chi connectivity index (χ4n) is 8.75. The first kappa shape index (κ1) is 23.4. The summed E-state index contributed by atoms with van der Waals surface area (Å²) in [5, 5.41) is 11.5. The highest BCUT2D eigenvalue weighted by atomic mass is 32.2. The van der Waals surface area contributed by atoms with Crippen LogP contribution in [0.4, 0.5) is 5.69 Å². The van der Waals surface area contributed by atoms with Crippen LogP contribution >= 0.6 is 11.9 Å². The van der Waals surface area contributed by atoms with E-state index < -0.39 is 0 Å². The fraction of sp³-hybridized carbons (Fsp3) is 0.613. The molecule has 0 amide bonds. The van der Waals surface area contributed by atoms with Gasteiger partial charge in [-0.25, -0.2) is 0 Å². The van der Waals surface area contributed by atoms with E-state index in [1.807, 2.05) is 11.9 Å². The van der Waals surface area contributed by atoms with E-state index in [1.54, 1.807) is 7.11 Å². The van der Waals surface area contributed by atoms with Crippen molar-refractivity contribution in [2.75, 3.05) is 37.6 Å². The van der Waals surface area contributed by atoms with Gasteiger partial charge >= 0.3 is 0 Å². The highest BCUT2D eigenvalue weighted by Gasteiger charge is 2.54. The summed E-state index contributed by atoms with van der Waals surface area (Å²) < 4.78 is 8.08. The van der Waals surface area contributed by atoms with Crippen molar-refractivity contribution in [1.29, 1.82) is 0 Å². The standard InChI is InChI=1S/C31H40N2O2S/c1-35-25-6-7-26-27-4-2-3-5-29(27)36-33(28(26)15-25)19-21-8-10-32(11-9-21)20-30(34)31-16-22-12-23(17-31)14-24(13-22)18-31/h2-7,15,21-24,30,34H,8-14,16-20H2,1H3/t22?,23?,24?,30-,31?/m1/s1. The number of likely N-dealkylation sites (tertiary alicyclic amines) is 1. The fourth-order valence-corrected chi connectivity index (χ4v) is 9.94. The minimum absolute atomic E-state index is 0.129. The van der Waals surface area contributed by atoms with Crippen molar-refractivity contribution in [2.24, 2.45) is 29.1 Å². The molecule has 192 valence electrons. The minimum Gasteiger partial charge on any atom is -0.497 e. The van der Waals surface area contributed by atoms with E-state index in [2.05, 4.69) is 51.7 Å². The molecule has 36 heavy (non-hydrogen) atoms. The van der Waals surface area contributed by atoms with Crippen LogP contribution in [0.15, 0.2) is 47.4 Å². The molecular weight excluding hydrogens is 464 g/mol. The molecule has 8 rings (SSSR count). The number of methoxy groups -OCH3 is 1. The molecule has 4 saturated carbocycles. The second-order valence-corrected chi connectivity index (χ2v) is 13.6. The van der Waals surface area contributed by atoms with Gasteiger partial charge in [-0.1, -0.05) is 18.2 Å². The summed E-state index contributed by atoms with van der Waals surface area (Å²) in [6, 6.07) is 15.3. The Balaban J connectivity index is 0.996. The summed E-state index contributed by atoms with van der Waals surface area (Å²) in [7, 11) is 1.75. The van der Waals surface area contributed by atoms with Gasteiger partial charge in [0.1, 0.15) is 5.75 Å². The lowest BCUT2D eigenvalue weighted by Crippen LogP contribution is -2.55. The number of anilines is 1. The number of hydrogen-bond acceptors (Lipinski definition) is 5. The number of hydrogen-bond donors (Lipinski definition) is 1. The predicted octanol–water partition coefficient (Wildman–Crippen LogP) is 6.48. The molecule has 0 radical (unpaired) electrons. The van der Waals surface area contributed by atoms with Crippen LogP contribution in [0.25, 0.3) is 11.1 Å². The number of aliphatic hydroxyl groups is 1. The minimum atomic E-state index is -0.129. The molecule has 0 spiro atoms. The van der Waals surface area contributed by atoms with Crippen molar-refractivity contribution in [3.8, 4) is 16.9 Å². The van der Waals surface area contributed by atoms with Crippen LogP contribution in [0.2, 0.25) is 0 Å². The number of rotatable bonds is 6. The molecule has 1 atom stereocenters. The average Bonchev–Trinajstić information content (AvgIpc) is 2.89. The average molecular weight is 505 g/mol. The van der Waals surface area contributed by atoms with E-state index >= 15 is 0 Å². The molecule has 4 nitrogen and oxygen atoms in total. The molecule has 6 aliphatic rings. The van der Waals surface area contributed by atoms with Crippen LogP contribution in [-0.2, 0) is 0 Å². The van der Waals surface area contributed by atoms with Crippen LogP contribution in [0.3, 0.4) is 0 Å². The van der Waals surface area contributed by atoms with E-state index in [4.69, 9.17) is 4.74 Å². The maximum atomic E-state index is 11.5. The van der Waals surface area contributed by atoms with E-state index in [1.165, 1.54) is 73.1 Å². The molecule has 2 aromatic rings. The molecule has 0 unspecified atom stereocenters. The molecule has 2 aromatic carbocycles. The molecule has 0 aromatic heterocycles. The lowest BCUT2D eigenvalue weighted by atomic mass is 9.48. The first-order valence-corrected chi connectivity index (χ1v) is 15.0. The number of aliphatic hydroxyl groups excluding tert-OH is 1. The molecule has 4 bridgehead atoms. The van der Waals surface area contributed by atoms with Crippen molar-refractivity contribution in [2.45, 2.75) is 62.4 Å². The van der Waals surface area contributed by atoms with E-state index in [9.17, 15) is 5.11 Å². The number of benzene rings is 2. The summed E-state index contributed by atoms with van der Waals surface area (Å²) in [5.41, 5.74) is 4.15. The molecular formula is C31H40N2O2S. The van der Waals surface area contributed by atoms with Crippen molar-refractivity contribution in [3.05, 3.63) is 42.5 Å². The van der Waals surface area contributed by atoms with Crippen LogP contribution < -0.4 is 9.04 Å². The van der Waals surface area contributed by atoms with Gasteiger partial charge in [0.05, 0.1) is 18.9 Å². The second-order valence-electron chi connectivity index (χ2n) is 12.6. The van der Waals surface area contributed by atoms with E-state index in [0.29, 0.717) is 5.92 Å². The Morgan fingerprint density at radius 2 is 1.67 bits per heavy atom. The van der Waals surface area contributed by atoms with Gasteiger partial charge < -0.3 is 19.0 Å². The molecule has 1 N–H and O–H groups in total. The van der Waals surface area contributed by atoms with Crippen LogP contribution in [0, 0.1) is 29.1 Å². The van der Waals surface area contributed by atoms with Gasteiger partial charge in [-0.2, -0.15) is 0 Å². The largest absolute Gasteiger partial charge is 0.497 e. The second kappa shape index (κ2) is 9.25. The zero-order chi connectivity index (χ0) is 24.3. The lowest BCUT2D eigenvalue weighted by molar-refractivity contribution is -0.127. The Morgan fingerprint density at radius 1 is 0.972 bits per heavy atom. The summed E-state index contributed by atoms with van der Waals surface area (Å²) >= 11 is 1.88. The predicted molar refractivity (Wildman–Crippen MR) is 147 cm³/mol. The third-order valence-electron chi connectivity index (χ3n) is 10.2. The molecule has 1 saturated heterocycles. The van der Waals surface area contributed by atoms with E-state index in [0.717, 1.165) is 49.7 Å². The molecule has 2 aliphatic heterocycles. The summed E-state index contributed by atoms with van der Waals surface area (Å²) in [5.74, 6) is 4.32. The third-order valence-corrected chi connectivity index (χ3v) is 11.3. The van der Waals surface area contributed by atoms with Crippen molar-refractivity contribution < 1.29 is 9.84 Å². The molecule has 5 heteroatoms. The summed E-state index contributed by atoms with van der Waals surface area (Å²) in [6.45, 7) is 4.19.